The van der Waals surface area contributed by atoms with Gasteiger partial charge in [-0.15, -0.1) is 11.3 Å². The minimum absolute atomic E-state index is 0.0287. The van der Waals surface area contributed by atoms with Gasteiger partial charge in [0.15, 0.2) is 11.5 Å². The molecule has 4 aromatic rings. The molecule has 6 nitrogen and oxygen atoms in total. The third kappa shape index (κ3) is 5.26. The lowest BCUT2D eigenvalue weighted by Gasteiger charge is -2.10. The second-order valence-electron chi connectivity index (χ2n) is 7.52. The summed E-state index contributed by atoms with van der Waals surface area (Å²) in [5.74, 6) is 2.32. The molecule has 1 heterocycles. The Morgan fingerprint density at radius 2 is 1.47 bits per heavy atom. The molecule has 4 rings (SSSR count). The molecule has 0 fully saturated rings. The molecule has 0 aliphatic carbocycles. The molecule has 0 aliphatic rings. The van der Waals surface area contributed by atoms with E-state index >= 15 is 0 Å². The zero-order valence-electron chi connectivity index (χ0n) is 19.4. The van der Waals surface area contributed by atoms with Gasteiger partial charge in [-0.25, -0.2) is 4.98 Å². The molecular weight excluding hydrogens is 450 g/mol. The summed E-state index contributed by atoms with van der Waals surface area (Å²) in [6.07, 6.45) is 1.58. The highest BCUT2D eigenvalue weighted by Crippen LogP contribution is 2.43. The van der Waals surface area contributed by atoms with E-state index in [1.807, 2.05) is 54.6 Å². The molecule has 0 amide bonds. The van der Waals surface area contributed by atoms with Crippen LogP contribution >= 0.6 is 11.3 Å². The Morgan fingerprint density at radius 1 is 0.794 bits per heavy atom. The Hall–Kier alpha value is -3.71. The molecule has 0 unspecified atom stereocenters. The Labute approximate surface area is 203 Å². The van der Waals surface area contributed by atoms with Crippen molar-refractivity contribution in [1.82, 2.24) is 4.98 Å². The van der Waals surface area contributed by atoms with E-state index in [1.165, 1.54) is 14.2 Å². The lowest BCUT2D eigenvalue weighted by Crippen LogP contribution is -2.00. The summed E-state index contributed by atoms with van der Waals surface area (Å²) in [6.45, 7) is 0.597. The zero-order valence-corrected chi connectivity index (χ0v) is 20.2. The third-order valence-electron chi connectivity index (χ3n) is 5.35. The molecule has 0 saturated heterocycles. The fourth-order valence-corrected chi connectivity index (χ4v) is 4.68. The number of para-hydroxylation sites is 1. The highest BCUT2D eigenvalue weighted by atomic mass is 32.1. The topological polar surface area (TPSA) is 70.0 Å². The zero-order chi connectivity index (χ0) is 23.9. The van der Waals surface area contributed by atoms with Gasteiger partial charge >= 0.3 is 0 Å². The number of thiazole rings is 1. The summed E-state index contributed by atoms with van der Waals surface area (Å²) in [5.41, 5.74) is 2.88. The number of phenolic OH excluding ortho intramolecular Hbond substituents is 1. The molecule has 0 radical (unpaired) electrons. The first-order valence-electron chi connectivity index (χ1n) is 10.9. The fourth-order valence-electron chi connectivity index (χ4n) is 3.58. The highest BCUT2D eigenvalue weighted by molar-refractivity contribution is 7.18. The predicted molar refractivity (Wildman–Crippen MR) is 135 cm³/mol. The molecule has 34 heavy (non-hydrogen) atoms. The highest BCUT2D eigenvalue weighted by Gasteiger charge is 2.18. The number of aromatic hydroxyl groups is 1. The summed E-state index contributed by atoms with van der Waals surface area (Å²) in [5, 5.41) is 11.1. The summed E-state index contributed by atoms with van der Waals surface area (Å²) < 4.78 is 21.8. The van der Waals surface area contributed by atoms with Crippen molar-refractivity contribution in [3.8, 4) is 49.8 Å². The van der Waals surface area contributed by atoms with E-state index in [1.54, 1.807) is 30.6 Å². The van der Waals surface area contributed by atoms with Gasteiger partial charge in [0.2, 0.25) is 5.75 Å². The maximum Gasteiger partial charge on any atom is 0.200 e. The number of phenols is 1. The Balaban J connectivity index is 1.63. The van der Waals surface area contributed by atoms with Gasteiger partial charge in [0.05, 0.1) is 38.5 Å². The molecule has 0 saturated carbocycles. The summed E-state index contributed by atoms with van der Waals surface area (Å²) in [6, 6.07) is 21.3. The van der Waals surface area contributed by atoms with Crippen LogP contribution in [0, 0.1) is 0 Å². The quantitative estimate of drug-likeness (QED) is 0.274. The van der Waals surface area contributed by atoms with Gasteiger partial charge in [0.25, 0.3) is 0 Å². The van der Waals surface area contributed by atoms with Crippen LogP contribution in [-0.2, 0) is 6.42 Å². The van der Waals surface area contributed by atoms with Crippen LogP contribution in [0.1, 0.15) is 12.1 Å². The minimum atomic E-state index is -0.0287. The van der Waals surface area contributed by atoms with Gasteiger partial charge in [-0.05, 0) is 66.9 Å². The van der Waals surface area contributed by atoms with Crippen molar-refractivity contribution >= 4 is 11.3 Å². The van der Waals surface area contributed by atoms with Crippen LogP contribution in [0.15, 0.2) is 66.7 Å². The molecule has 0 spiro atoms. The molecule has 0 bridgehead atoms. The largest absolute Gasteiger partial charge is 0.502 e. The molecule has 1 N–H and O–H groups in total. The summed E-state index contributed by atoms with van der Waals surface area (Å²) >= 11 is 1.59. The van der Waals surface area contributed by atoms with E-state index in [2.05, 4.69) is 0 Å². The smallest absolute Gasteiger partial charge is 0.200 e. The van der Waals surface area contributed by atoms with E-state index in [0.29, 0.717) is 18.1 Å². The number of aryl methyl sites for hydroxylation is 1. The van der Waals surface area contributed by atoms with E-state index in [9.17, 15) is 5.11 Å². The number of methoxy groups -OCH3 is 3. The summed E-state index contributed by atoms with van der Waals surface area (Å²) in [4.78, 5) is 6.05. The minimum Gasteiger partial charge on any atom is -0.502 e. The van der Waals surface area contributed by atoms with Gasteiger partial charge in [-0.1, -0.05) is 18.2 Å². The first kappa shape index (κ1) is 23.4. The van der Waals surface area contributed by atoms with Gasteiger partial charge in [-0.3, -0.25) is 0 Å². The number of hydrogen-bond donors (Lipinski definition) is 1. The van der Waals surface area contributed by atoms with Crippen molar-refractivity contribution in [3.63, 3.8) is 0 Å². The number of hydrogen-bond acceptors (Lipinski definition) is 7. The Morgan fingerprint density at radius 3 is 2.09 bits per heavy atom. The number of rotatable bonds is 10. The van der Waals surface area contributed by atoms with Crippen molar-refractivity contribution in [2.75, 3.05) is 27.9 Å². The SMILES string of the molecule is COc1ccc(-c2sc(-c3cc(OC)c(O)c(OC)c3)nc2CCCOc2ccccc2)cc1. The molecule has 1 aromatic heterocycles. The number of nitrogens with zero attached hydrogens (tertiary/aromatic N) is 1. The fraction of sp³-hybridized carbons (Fsp3) is 0.222. The van der Waals surface area contributed by atoms with Crippen LogP contribution in [0.4, 0.5) is 0 Å². The van der Waals surface area contributed by atoms with Crippen LogP contribution in [0.5, 0.6) is 28.7 Å². The van der Waals surface area contributed by atoms with Crippen molar-refractivity contribution in [3.05, 3.63) is 72.4 Å². The normalized spacial score (nSPS) is 10.7. The second-order valence-corrected chi connectivity index (χ2v) is 8.52. The van der Waals surface area contributed by atoms with Crippen molar-refractivity contribution in [2.24, 2.45) is 0 Å². The lowest BCUT2D eigenvalue weighted by molar-refractivity contribution is 0.310. The van der Waals surface area contributed by atoms with E-state index in [4.69, 9.17) is 23.9 Å². The number of ether oxygens (including phenoxy) is 4. The number of benzene rings is 3. The standard InChI is InChI=1S/C27H27NO5S/c1-30-20-13-11-18(12-14-20)26-22(10-7-15-33-21-8-5-4-6-9-21)28-27(34-26)19-16-23(31-2)25(29)24(17-19)32-3/h4-6,8-9,11-14,16-17,29H,7,10,15H2,1-3H3. The first-order valence-corrected chi connectivity index (χ1v) is 11.7. The maximum absolute atomic E-state index is 10.3. The molecular formula is C27H27NO5S. The van der Waals surface area contributed by atoms with E-state index < -0.39 is 0 Å². The molecule has 0 atom stereocenters. The van der Waals surface area contributed by atoms with Gasteiger partial charge in [-0.2, -0.15) is 0 Å². The maximum atomic E-state index is 10.3. The van der Waals surface area contributed by atoms with E-state index in [-0.39, 0.29) is 5.75 Å². The second kappa shape index (κ2) is 10.9. The van der Waals surface area contributed by atoms with Crippen LogP contribution in [0.25, 0.3) is 21.0 Å². The average Bonchev–Trinajstić information content (AvgIpc) is 3.31. The van der Waals surface area contributed by atoms with Crippen molar-refractivity contribution in [2.45, 2.75) is 12.8 Å². The van der Waals surface area contributed by atoms with E-state index in [0.717, 1.165) is 51.0 Å². The van der Waals surface area contributed by atoms with Crippen LogP contribution in [0.2, 0.25) is 0 Å². The Kier molecular flexibility index (Phi) is 7.54. The molecule has 0 aliphatic heterocycles. The van der Waals surface area contributed by atoms with Crippen molar-refractivity contribution < 1.29 is 24.1 Å². The molecule has 3 aromatic carbocycles. The Bertz CT molecular complexity index is 1200. The van der Waals surface area contributed by atoms with Gasteiger partial charge in [0, 0.05) is 5.56 Å². The monoisotopic (exact) mass is 477 g/mol. The van der Waals surface area contributed by atoms with Gasteiger partial charge in [0.1, 0.15) is 16.5 Å². The van der Waals surface area contributed by atoms with Gasteiger partial charge < -0.3 is 24.1 Å². The predicted octanol–water partition coefficient (Wildman–Crippen LogP) is 6.22. The number of aromatic nitrogens is 1. The lowest BCUT2D eigenvalue weighted by atomic mass is 10.1. The first-order chi connectivity index (χ1) is 16.6. The average molecular weight is 478 g/mol. The van der Waals surface area contributed by atoms with Crippen molar-refractivity contribution in [1.29, 1.82) is 0 Å². The third-order valence-corrected chi connectivity index (χ3v) is 6.54. The van der Waals surface area contributed by atoms with Crippen LogP contribution < -0.4 is 18.9 Å². The van der Waals surface area contributed by atoms with Crippen LogP contribution in [0.3, 0.4) is 0 Å². The molecule has 7 heteroatoms. The summed E-state index contributed by atoms with van der Waals surface area (Å²) in [7, 11) is 4.69. The van der Waals surface area contributed by atoms with Crippen LogP contribution in [-0.4, -0.2) is 38.0 Å². The molecule has 176 valence electrons.